The molecule has 0 spiro atoms. The van der Waals surface area contributed by atoms with Gasteiger partial charge in [0, 0.05) is 48.3 Å². The number of hydrogen-bond donors (Lipinski definition) is 1. The van der Waals surface area contributed by atoms with Gasteiger partial charge in [0.2, 0.25) is 11.8 Å². The normalized spacial score (nSPS) is 19.6. The van der Waals surface area contributed by atoms with Gasteiger partial charge in [-0.2, -0.15) is 0 Å². The Labute approximate surface area is 313 Å². The number of carbonyl (C=O) groups excluding carboxylic acids is 3. The van der Waals surface area contributed by atoms with Crippen LogP contribution in [0.3, 0.4) is 0 Å². The molecule has 2 atom stereocenters. The number of alkyl halides is 2. The summed E-state index contributed by atoms with van der Waals surface area (Å²) in [6.07, 6.45) is 2.99. The molecule has 0 aliphatic carbocycles. The van der Waals surface area contributed by atoms with Crippen LogP contribution in [0.25, 0.3) is 16.6 Å². The second kappa shape index (κ2) is 15.8. The zero-order valence-electron chi connectivity index (χ0n) is 29.4. The number of esters is 1. The number of imidazole rings is 1. The highest BCUT2D eigenvalue weighted by atomic mass is 35.5. The average molecular weight is 767 g/mol. The van der Waals surface area contributed by atoms with Crippen molar-refractivity contribution in [2.75, 3.05) is 39.9 Å². The van der Waals surface area contributed by atoms with E-state index in [2.05, 4.69) is 30.6 Å². The Hall–Kier alpha value is -4.99. The molecule has 2 saturated heterocycles. The van der Waals surface area contributed by atoms with Crippen LogP contribution in [-0.2, 0) is 38.8 Å². The molecule has 2 aromatic carbocycles. The van der Waals surface area contributed by atoms with Crippen LogP contribution in [-0.4, -0.2) is 100 Å². The van der Waals surface area contributed by atoms with E-state index in [0.717, 1.165) is 54.0 Å². The SMILES string of the molecule is COC(=O)C1CC(F)(F)CN1C(=O)CNC(=O)c1ccc2c(c1)nc(CN1CC=C(c3cccc(OCc4ccc(Cl)cc4F)n3)CC1)n2C[C@@H]1CCO1. The number of ether oxygens (including phenoxy) is 3. The fraction of sp³-hybridized carbons (Fsp3) is 0.395. The van der Waals surface area contributed by atoms with Gasteiger partial charge in [0.25, 0.3) is 11.8 Å². The predicted molar refractivity (Wildman–Crippen MR) is 191 cm³/mol. The van der Waals surface area contributed by atoms with Crippen LogP contribution in [0.2, 0.25) is 5.02 Å². The lowest BCUT2D eigenvalue weighted by Gasteiger charge is -2.29. The van der Waals surface area contributed by atoms with Gasteiger partial charge in [0.05, 0.1) is 56.1 Å². The number of carbonyl (C=O) groups is 3. The quantitative estimate of drug-likeness (QED) is 0.198. The minimum absolute atomic E-state index is 0.0202. The molecule has 0 bridgehead atoms. The number of aromatic nitrogens is 3. The smallest absolute Gasteiger partial charge is 0.328 e. The molecule has 2 fully saturated rings. The summed E-state index contributed by atoms with van der Waals surface area (Å²) in [7, 11) is 1.07. The number of methoxy groups -OCH3 is 1. The Morgan fingerprint density at radius 1 is 1.11 bits per heavy atom. The number of halogens is 4. The molecule has 2 amide bonds. The van der Waals surface area contributed by atoms with Gasteiger partial charge >= 0.3 is 5.97 Å². The summed E-state index contributed by atoms with van der Waals surface area (Å²) in [5, 5.41) is 2.81. The first-order chi connectivity index (χ1) is 26.0. The maximum atomic E-state index is 14.2. The molecule has 54 heavy (non-hydrogen) atoms. The predicted octanol–water partition coefficient (Wildman–Crippen LogP) is 5.02. The number of nitrogens with one attached hydrogen (secondary N) is 1. The maximum Gasteiger partial charge on any atom is 0.328 e. The van der Waals surface area contributed by atoms with Crippen LogP contribution in [0.5, 0.6) is 5.88 Å². The molecule has 0 saturated carbocycles. The Morgan fingerprint density at radius 2 is 1.94 bits per heavy atom. The van der Waals surface area contributed by atoms with Crippen molar-refractivity contribution in [3.63, 3.8) is 0 Å². The fourth-order valence-electron chi connectivity index (χ4n) is 6.81. The van der Waals surface area contributed by atoms with Gasteiger partial charge in [-0.1, -0.05) is 29.8 Å². The lowest BCUT2D eigenvalue weighted by atomic mass is 10.0. The molecule has 5 heterocycles. The third kappa shape index (κ3) is 8.37. The van der Waals surface area contributed by atoms with Crippen LogP contribution in [0.1, 0.15) is 46.7 Å². The van der Waals surface area contributed by atoms with Crippen molar-refractivity contribution in [2.24, 2.45) is 0 Å². The van der Waals surface area contributed by atoms with Gasteiger partial charge in [-0.05, 0) is 54.8 Å². The van der Waals surface area contributed by atoms with Crippen molar-refractivity contribution in [1.29, 1.82) is 0 Å². The monoisotopic (exact) mass is 766 g/mol. The van der Waals surface area contributed by atoms with Crippen molar-refractivity contribution >= 4 is 46.0 Å². The van der Waals surface area contributed by atoms with E-state index in [0.29, 0.717) is 48.2 Å². The van der Waals surface area contributed by atoms with Gasteiger partial charge in [-0.3, -0.25) is 14.5 Å². The van der Waals surface area contributed by atoms with Crippen molar-refractivity contribution in [2.45, 2.75) is 57.0 Å². The molecule has 3 aliphatic heterocycles. The number of benzene rings is 2. The molecule has 12 nitrogen and oxygen atoms in total. The third-order valence-electron chi connectivity index (χ3n) is 9.83. The first kappa shape index (κ1) is 37.3. The summed E-state index contributed by atoms with van der Waals surface area (Å²) in [5.74, 6) is -4.82. The van der Waals surface area contributed by atoms with Gasteiger partial charge < -0.3 is 29.0 Å². The summed E-state index contributed by atoms with van der Waals surface area (Å²) in [4.78, 5) is 50.5. The largest absolute Gasteiger partial charge is 0.473 e. The first-order valence-electron chi connectivity index (χ1n) is 17.6. The van der Waals surface area contributed by atoms with Gasteiger partial charge in [-0.25, -0.2) is 27.9 Å². The van der Waals surface area contributed by atoms with Crippen LogP contribution in [0.4, 0.5) is 13.2 Å². The zero-order chi connectivity index (χ0) is 38.0. The van der Waals surface area contributed by atoms with Crippen molar-refractivity contribution in [1.82, 2.24) is 29.7 Å². The van der Waals surface area contributed by atoms with E-state index in [1.807, 2.05) is 12.1 Å². The van der Waals surface area contributed by atoms with Gasteiger partial charge in [-0.15, -0.1) is 0 Å². The number of hydrogen-bond acceptors (Lipinski definition) is 9. The minimum atomic E-state index is -3.24. The van der Waals surface area contributed by atoms with E-state index in [4.69, 9.17) is 26.1 Å². The molecule has 16 heteroatoms. The standard InChI is InChI=1S/C38H38ClF3N6O6/c1-52-37(51)32-17-38(41,42)22-48(32)35(49)18-43-36(50)24-6-8-31-30(15-24)44-33(47(31)19-27-11-14-53-27)20-46-12-9-23(10-13-46)29-3-2-4-34(45-29)54-21-25-5-7-26(39)16-28(25)40/h2-9,15-16,27,32H,10-14,17-22H2,1H3,(H,43,50)/t27-,32?/m0/s1. The summed E-state index contributed by atoms with van der Waals surface area (Å²) >= 11 is 5.86. The minimum Gasteiger partial charge on any atom is -0.473 e. The molecular weight excluding hydrogens is 729 g/mol. The number of fused-ring (bicyclic) bond motifs is 1. The van der Waals surface area contributed by atoms with Crippen molar-refractivity contribution in [3.05, 3.63) is 94.2 Å². The Bertz CT molecular complexity index is 2110. The lowest BCUT2D eigenvalue weighted by Crippen LogP contribution is -2.46. The molecule has 4 aromatic rings. The molecule has 7 rings (SSSR count). The Kier molecular flexibility index (Phi) is 10.9. The van der Waals surface area contributed by atoms with Gasteiger partial charge in [0.1, 0.15) is 24.3 Å². The first-order valence-corrected chi connectivity index (χ1v) is 17.9. The molecule has 1 unspecified atom stereocenters. The molecular formula is C38H38ClF3N6O6. The summed E-state index contributed by atoms with van der Waals surface area (Å²) in [6.45, 7) is 1.73. The zero-order valence-corrected chi connectivity index (χ0v) is 30.2. The molecule has 3 aliphatic rings. The average Bonchev–Trinajstić information content (AvgIpc) is 3.66. The van der Waals surface area contributed by atoms with Crippen LogP contribution >= 0.6 is 11.6 Å². The van der Waals surface area contributed by atoms with Crippen LogP contribution in [0, 0.1) is 5.82 Å². The van der Waals surface area contributed by atoms with Crippen molar-refractivity contribution in [3.8, 4) is 5.88 Å². The summed E-state index contributed by atoms with van der Waals surface area (Å²) < 4.78 is 60.6. The van der Waals surface area contributed by atoms with E-state index in [9.17, 15) is 27.6 Å². The highest BCUT2D eigenvalue weighted by Crippen LogP contribution is 2.33. The number of pyridine rings is 1. The van der Waals surface area contributed by atoms with E-state index >= 15 is 0 Å². The Balaban J connectivity index is 1.01. The number of amides is 2. The van der Waals surface area contributed by atoms with E-state index < -0.39 is 55.1 Å². The second-order valence-electron chi connectivity index (χ2n) is 13.5. The maximum absolute atomic E-state index is 14.2. The highest BCUT2D eigenvalue weighted by molar-refractivity contribution is 6.30. The second-order valence-corrected chi connectivity index (χ2v) is 14.0. The lowest BCUT2D eigenvalue weighted by molar-refractivity contribution is -0.150. The Morgan fingerprint density at radius 3 is 2.67 bits per heavy atom. The molecule has 1 N–H and O–H groups in total. The summed E-state index contributed by atoms with van der Waals surface area (Å²) in [6, 6.07) is 13.6. The highest BCUT2D eigenvalue weighted by Gasteiger charge is 2.50. The molecule has 2 aromatic heterocycles. The number of rotatable bonds is 12. The number of nitrogens with zero attached hydrogens (tertiary/aromatic N) is 5. The third-order valence-corrected chi connectivity index (χ3v) is 10.1. The molecule has 0 radical (unpaired) electrons. The van der Waals surface area contributed by atoms with E-state index in [-0.39, 0.29) is 18.3 Å². The number of likely N-dealkylation sites (tertiary alicyclic amines) is 1. The van der Waals surface area contributed by atoms with E-state index in [1.165, 1.54) is 6.07 Å². The van der Waals surface area contributed by atoms with Gasteiger partial charge in [0.15, 0.2) is 0 Å². The molecule has 284 valence electrons. The topological polar surface area (TPSA) is 128 Å². The van der Waals surface area contributed by atoms with Crippen LogP contribution < -0.4 is 10.1 Å². The van der Waals surface area contributed by atoms with Crippen molar-refractivity contribution < 1.29 is 41.8 Å². The summed E-state index contributed by atoms with van der Waals surface area (Å²) in [5.41, 5.74) is 3.88. The fourth-order valence-corrected chi connectivity index (χ4v) is 6.97. The van der Waals surface area contributed by atoms with E-state index in [1.54, 1.807) is 36.4 Å². The van der Waals surface area contributed by atoms with Crippen LogP contribution in [0.15, 0.2) is 60.7 Å².